The molecule has 0 aliphatic carbocycles. The quantitative estimate of drug-likeness (QED) is 0.155. The second kappa shape index (κ2) is 14.4. The molecule has 0 spiro atoms. The topological polar surface area (TPSA) is 36.8 Å². The van der Waals surface area contributed by atoms with Gasteiger partial charge in [-0.15, -0.1) is 11.3 Å². The predicted molar refractivity (Wildman–Crippen MR) is 235 cm³/mol. The molecule has 4 heteroatoms. The summed E-state index contributed by atoms with van der Waals surface area (Å²) in [5, 5.41) is 6.02. The first-order valence-corrected chi connectivity index (χ1v) is 19.8. The van der Waals surface area contributed by atoms with Crippen molar-refractivity contribution in [3.05, 3.63) is 251 Å². The summed E-state index contributed by atoms with van der Waals surface area (Å²) in [5.41, 5.74) is 9.71. The molecular weight excluding hydrogens is 699 g/mol. The van der Waals surface area contributed by atoms with Gasteiger partial charge in [0.15, 0.2) is 6.17 Å². The molecule has 266 valence electrons. The Bertz CT molecular complexity index is 2710. The number of nitrogens with one attached hydrogen (secondary N) is 1. The molecule has 0 radical (unpaired) electrons. The summed E-state index contributed by atoms with van der Waals surface area (Å²) in [5.74, 6) is 1.62. The lowest BCUT2D eigenvalue weighted by Crippen LogP contribution is -2.36. The molecule has 0 bridgehead atoms. The van der Waals surface area contributed by atoms with Gasteiger partial charge in [-0.05, 0) is 57.6 Å². The van der Waals surface area contributed by atoms with Crippen molar-refractivity contribution in [2.45, 2.75) is 11.6 Å². The number of amidine groups is 2. The molecule has 0 saturated carbocycles. The smallest absolute Gasteiger partial charge is 0.170 e. The zero-order valence-electron chi connectivity index (χ0n) is 30.6. The Kier molecular flexibility index (Phi) is 8.66. The van der Waals surface area contributed by atoms with E-state index in [1.54, 1.807) is 0 Å². The zero-order chi connectivity index (χ0) is 37.3. The van der Waals surface area contributed by atoms with Crippen LogP contribution in [0.3, 0.4) is 0 Å². The van der Waals surface area contributed by atoms with Crippen LogP contribution in [0.1, 0.15) is 45.1 Å². The number of nitrogens with zero attached hydrogens (tertiary/aromatic N) is 2. The molecule has 2 heterocycles. The van der Waals surface area contributed by atoms with Crippen molar-refractivity contribution >= 4 is 43.2 Å². The van der Waals surface area contributed by atoms with E-state index in [1.807, 2.05) is 23.5 Å². The van der Waals surface area contributed by atoms with Crippen molar-refractivity contribution in [3.8, 4) is 11.1 Å². The highest BCUT2D eigenvalue weighted by atomic mass is 32.1. The molecule has 0 amide bonds. The summed E-state index contributed by atoms with van der Waals surface area (Å²) in [7, 11) is 0. The molecule has 10 rings (SSSR count). The van der Waals surface area contributed by atoms with Gasteiger partial charge in [0.2, 0.25) is 0 Å². The number of benzene rings is 8. The minimum absolute atomic E-state index is 0.470. The lowest BCUT2D eigenvalue weighted by atomic mass is 9.65. The summed E-state index contributed by atoms with van der Waals surface area (Å²) < 4.78 is 2.47. The Balaban J connectivity index is 1.22. The third-order valence-electron chi connectivity index (χ3n) is 10.9. The van der Waals surface area contributed by atoms with Crippen LogP contribution >= 0.6 is 11.3 Å². The van der Waals surface area contributed by atoms with E-state index in [-0.39, 0.29) is 0 Å². The normalized spacial score (nSPS) is 13.3. The largest absolute Gasteiger partial charge is 0.324 e. The van der Waals surface area contributed by atoms with E-state index in [0.29, 0.717) is 0 Å². The second-order valence-electron chi connectivity index (χ2n) is 14.2. The van der Waals surface area contributed by atoms with E-state index in [2.05, 4.69) is 206 Å². The Hall–Kier alpha value is -6.88. The standard InChI is InChI=1S/C52H37N3S/c1-6-19-36(20-7-1)49-53-50(37-21-8-2-9-22-37)55-51(54-49)45-34-39(35-47-48(45)44-31-16-17-32-46(44)56-47)38-23-18-30-43(33-38)52(40-24-10-3-11-25-40,41-26-12-4-13-27-41)42-28-14-5-15-29-42/h1-35,51H,(H,53,54,55). The number of fused-ring (bicyclic) bond motifs is 3. The maximum absolute atomic E-state index is 5.37. The monoisotopic (exact) mass is 735 g/mol. The molecule has 3 nitrogen and oxygen atoms in total. The van der Waals surface area contributed by atoms with Gasteiger partial charge in [0.05, 0.1) is 5.41 Å². The predicted octanol–water partition coefficient (Wildman–Crippen LogP) is 12.6. The lowest BCUT2D eigenvalue weighted by molar-refractivity contribution is 0.745. The van der Waals surface area contributed by atoms with Crippen LogP contribution in [0.15, 0.2) is 222 Å². The third kappa shape index (κ3) is 5.92. The Labute approximate surface area is 331 Å². The van der Waals surface area contributed by atoms with E-state index < -0.39 is 11.6 Å². The fraction of sp³-hybridized carbons (Fsp3) is 0.0385. The molecule has 0 saturated heterocycles. The Morgan fingerprint density at radius 3 is 1.41 bits per heavy atom. The minimum Gasteiger partial charge on any atom is -0.324 e. The van der Waals surface area contributed by atoms with Crippen molar-refractivity contribution in [2.24, 2.45) is 9.98 Å². The van der Waals surface area contributed by atoms with Crippen molar-refractivity contribution in [1.29, 1.82) is 0 Å². The first kappa shape index (κ1) is 33.7. The van der Waals surface area contributed by atoms with E-state index >= 15 is 0 Å². The molecule has 8 aromatic carbocycles. The van der Waals surface area contributed by atoms with E-state index in [0.717, 1.165) is 39.5 Å². The molecule has 0 unspecified atom stereocenters. The van der Waals surface area contributed by atoms with Crippen LogP contribution in [0.25, 0.3) is 31.3 Å². The van der Waals surface area contributed by atoms with Crippen molar-refractivity contribution in [1.82, 2.24) is 5.32 Å². The first-order valence-electron chi connectivity index (χ1n) is 19.0. The molecule has 0 atom stereocenters. The van der Waals surface area contributed by atoms with Crippen LogP contribution in [-0.2, 0) is 5.41 Å². The van der Waals surface area contributed by atoms with Crippen LogP contribution in [0.2, 0.25) is 0 Å². The van der Waals surface area contributed by atoms with E-state index in [1.165, 1.54) is 42.4 Å². The molecule has 1 aromatic heterocycles. The highest BCUT2D eigenvalue weighted by Crippen LogP contribution is 2.47. The summed E-state index contributed by atoms with van der Waals surface area (Å²) in [6.07, 6.45) is -0.470. The third-order valence-corrected chi connectivity index (χ3v) is 12.0. The van der Waals surface area contributed by atoms with Crippen molar-refractivity contribution in [2.75, 3.05) is 0 Å². The molecule has 1 aliphatic heterocycles. The van der Waals surface area contributed by atoms with Gasteiger partial charge < -0.3 is 5.32 Å². The Morgan fingerprint density at radius 2 is 0.857 bits per heavy atom. The van der Waals surface area contributed by atoms with Gasteiger partial charge in [0.1, 0.15) is 11.7 Å². The molecular formula is C52H37N3S. The number of rotatable bonds is 8. The van der Waals surface area contributed by atoms with Gasteiger partial charge in [0, 0.05) is 36.9 Å². The minimum atomic E-state index is -0.552. The van der Waals surface area contributed by atoms with Gasteiger partial charge in [-0.2, -0.15) is 0 Å². The van der Waals surface area contributed by atoms with Crippen molar-refractivity contribution < 1.29 is 0 Å². The highest BCUT2D eigenvalue weighted by Gasteiger charge is 2.38. The van der Waals surface area contributed by atoms with E-state index in [4.69, 9.17) is 9.98 Å². The average molecular weight is 736 g/mol. The van der Waals surface area contributed by atoms with Gasteiger partial charge in [-0.3, -0.25) is 0 Å². The van der Waals surface area contributed by atoms with Gasteiger partial charge in [0.25, 0.3) is 0 Å². The van der Waals surface area contributed by atoms with Crippen LogP contribution in [0.4, 0.5) is 0 Å². The summed E-state index contributed by atoms with van der Waals surface area (Å²) in [6, 6.07) is 76.0. The molecule has 1 N–H and O–H groups in total. The lowest BCUT2D eigenvalue weighted by Gasteiger charge is -2.37. The first-order chi connectivity index (χ1) is 27.8. The molecule has 9 aromatic rings. The fourth-order valence-corrected chi connectivity index (χ4v) is 9.51. The summed E-state index contributed by atoms with van der Waals surface area (Å²) in [4.78, 5) is 10.7. The van der Waals surface area contributed by atoms with Crippen molar-refractivity contribution in [3.63, 3.8) is 0 Å². The molecule has 0 fully saturated rings. The van der Waals surface area contributed by atoms with Crippen LogP contribution in [0.5, 0.6) is 0 Å². The number of hydrogen-bond acceptors (Lipinski definition) is 4. The van der Waals surface area contributed by atoms with Crippen LogP contribution < -0.4 is 5.32 Å². The molecule has 56 heavy (non-hydrogen) atoms. The van der Waals surface area contributed by atoms with Gasteiger partial charge in [-0.25, -0.2) is 9.98 Å². The van der Waals surface area contributed by atoms with Crippen LogP contribution in [-0.4, -0.2) is 11.7 Å². The fourth-order valence-electron chi connectivity index (χ4n) is 8.33. The van der Waals surface area contributed by atoms with Gasteiger partial charge in [-0.1, -0.05) is 188 Å². The second-order valence-corrected chi connectivity index (χ2v) is 15.2. The van der Waals surface area contributed by atoms with Gasteiger partial charge >= 0.3 is 0 Å². The number of aliphatic imine (C=N–C) groups is 2. The SMILES string of the molecule is c1ccc(C2=NC(c3cc(-c4cccc(C(c5ccccc5)(c5ccccc5)c5ccccc5)c4)cc4sc5ccccc5c34)N=C(c3ccccc3)N2)cc1. The maximum atomic E-state index is 5.37. The van der Waals surface area contributed by atoms with E-state index in [9.17, 15) is 0 Å². The maximum Gasteiger partial charge on any atom is 0.170 e. The molecule has 1 aliphatic rings. The highest BCUT2D eigenvalue weighted by molar-refractivity contribution is 7.25. The Morgan fingerprint density at radius 1 is 0.393 bits per heavy atom. The summed E-state index contributed by atoms with van der Waals surface area (Å²) in [6.45, 7) is 0. The zero-order valence-corrected chi connectivity index (χ0v) is 31.4. The average Bonchev–Trinajstić information content (AvgIpc) is 3.67. The van der Waals surface area contributed by atoms with Crippen LogP contribution in [0, 0.1) is 0 Å². The number of hydrogen-bond donors (Lipinski definition) is 1. The number of thiophene rings is 1. The summed E-state index contributed by atoms with van der Waals surface area (Å²) >= 11 is 1.83.